The molecule has 0 radical (unpaired) electrons. The summed E-state index contributed by atoms with van der Waals surface area (Å²) in [6.07, 6.45) is 0.924. The van der Waals surface area contributed by atoms with E-state index in [0.29, 0.717) is 25.6 Å². The van der Waals surface area contributed by atoms with E-state index in [-0.39, 0.29) is 11.7 Å². The van der Waals surface area contributed by atoms with Crippen LogP contribution in [0.15, 0.2) is 66.7 Å². The van der Waals surface area contributed by atoms with Crippen molar-refractivity contribution in [3.8, 4) is 0 Å². The van der Waals surface area contributed by atoms with Gasteiger partial charge < -0.3 is 16.4 Å². The van der Waals surface area contributed by atoms with E-state index in [1.165, 1.54) is 16.3 Å². The predicted octanol–water partition coefficient (Wildman–Crippen LogP) is 3.62. The van der Waals surface area contributed by atoms with Crippen molar-refractivity contribution in [1.82, 2.24) is 16.0 Å². The summed E-state index contributed by atoms with van der Waals surface area (Å²) in [7, 11) is 0. The summed E-state index contributed by atoms with van der Waals surface area (Å²) >= 11 is 0. The number of hydrogen-bond acceptors (Lipinski definition) is 3. The highest BCUT2D eigenvalue weighted by atomic mass is 16.2. The van der Waals surface area contributed by atoms with E-state index >= 15 is 0 Å². The molecule has 150 valence electrons. The highest BCUT2D eigenvalue weighted by Gasteiger charge is 2.52. The van der Waals surface area contributed by atoms with Crippen LogP contribution < -0.4 is 21.7 Å². The minimum Gasteiger partial charge on any atom is -0.334 e. The molecule has 0 saturated heterocycles. The van der Waals surface area contributed by atoms with Crippen molar-refractivity contribution >= 4 is 16.8 Å². The summed E-state index contributed by atoms with van der Waals surface area (Å²) in [4.78, 5) is 12.5. The van der Waals surface area contributed by atoms with Crippen LogP contribution in [0.2, 0.25) is 0 Å². The monoisotopic (exact) mass is 388 g/mol. The van der Waals surface area contributed by atoms with Crippen molar-refractivity contribution < 1.29 is 4.79 Å². The lowest BCUT2D eigenvalue weighted by Crippen LogP contribution is -2.52. The first-order valence-electron chi connectivity index (χ1n) is 10.2. The van der Waals surface area contributed by atoms with Crippen LogP contribution in [0.25, 0.3) is 10.8 Å². The lowest BCUT2D eigenvalue weighted by molar-refractivity contribution is 0.230. The van der Waals surface area contributed by atoms with Gasteiger partial charge in [-0.15, -0.1) is 0 Å². The van der Waals surface area contributed by atoms with Gasteiger partial charge in [-0.25, -0.2) is 4.79 Å². The van der Waals surface area contributed by atoms with Crippen molar-refractivity contribution in [2.75, 3.05) is 0 Å². The minimum absolute atomic E-state index is 0.155. The maximum atomic E-state index is 12.5. The van der Waals surface area contributed by atoms with Crippen LogP contribution in [0.3, 0.4) is 0 Å². The molecule has 0 heterocycles. The zero-order valence-electron chi connectivity index (χ0n) is 16.7. The Balaban J connectivity index is 1.36. The van der Waals surface area contributed by atoms with Gasteiger partial charge in [0.1, 0.15) is 0 Å². The SMILES string of the molecule is CC1CC1(NCc1cccc2ccccc12)NC(=O)NCc1cccc(CN)c1. The lowest BCUT2D eigenvalue weighted by Gasteiger charge is -2.22. The first-order chi connectivity index (χ1) is 14.1. The maximum Gasteiger partial charge on any atom is 0.316 e. The van der Waals surface area contributed by atoms with Crippen molar-refractivity contribution in [3.05, 3.63) is 83.4 Å². The quantitative estimate of drug-likeness (QED) is 0.467. The summed E-state index contributed by atoms with van der Waals surface area (Å²) < 4.78 is 0. The van der Waals surface area contributed by atoms with E-state index in [1.54, 1.807) is 0 Å². The van der Waals surface area contributed by atoms with Gasteiger partial charge in [0.2, 0.25) is 0 Å². The number of carbonyl (C=O) groups is 1. The minimum atomic E-state index is -0.347. The maximum absolute atomic E-state index is 12.5. The molecule has 1 aliphatic rings. The average Bonchev–Trinajstić information content (AvgIpc) is 3.39. The molecule has 0 aliphatic heterocycles. The Hall–Kier alpha value is -2.89. The van der Waals surface area contributed by atoms with Crippen LogP contribution in [0.5, 0.6) is 0 Å². The van der Waals surface area contributed by atoms with Gasteiger partial charge >= 0.3 is 6.03 Å². The van der Waals surface area contributed by atoms with Crippen LogP contribution in [0, 0.1) is 5.92 Å². The number of amides is 2. The number of nitrogens with two attached hydrogens (primary N) is 1. The molecule has 0 aromatic heterocycles. The third-order valence-corrected chi connectivity index (χ3v) is 5.80. The van der Waals surface area contributed by atoms with Crippen LogP contribution in [0.1, 0.15) is 30.0 Å². The van der Waals surface area contributed by atoms with Gasteiger partial charge in [-0.05, 0) is 39.8 Å². The summed E-state index contributed by atoms with van der Waals surface area (Å²) in [5, 5.41) is 12.2. The van der Waals surface area contributed by atoms with Crippen molar-refractivity contribution in [2.24, 2.45) is 11.7 Å². The van der Waals surface area contributed by atoms with Crippen LogP contribution in [-0.2, 0) is 19.6 Å². The van der Waals surface area contributed by atoms with Crippen molar-refractivity contribution in [1.29, 1.82) is 0 Å². The molecule has 1 saturated carbocycles. The topological polar surface area (TPSA) is 79.2 Å². The van der Waals surface area contributed by atoms with Crippen molar-refractivity contribution in [3.63, 3.8) is 0 Å². The Morgan fingerprint density at radius 1 is 1.03 bits per heavy atom. The van der Waals surface area contributed by atoms with Gasteiger partial charge in [-0.2, -0.15) is 0 Å². The molecule has 0 bridgehead atoms. The van der Waals surface area contributed by atoms with E-state index in [9.17, 15) is 4.79 Å². The standard InChI is InChI=1S/C24H28N4O/c1-17-13-24(17,27-16-21-10-5-9-20-8-2-3-11-22(20)21)28-23(29)26-15-19-7-4-6-18(12-19)14-25/h2-12,17,27H,13-16,25H2,1H3,(H2,26,28,29). The van der Waals surface area contributed by atoms with Crippen LogP contribution >= 0.6 is 0 Å². The zero-order valence-corrected chi connectivity index (χ0v) is 16.7. The van der Waals surface area contributed by atoms with E-state index in [2.05, 4.69) is 65.3 Å². The molecule has 4 rings (SSSR count). The second kappa shape index (κ2) is 8.23. The van der Waals surface area contributed by atoms with Gasteiger partial charge in [0.05, 0.1) is 5.66 Å². The lowest BCUT2D eigenvalue weighted by atomic mass is 10.0. The average molecular weight is 389 g/mol. The van der Waals surface area contributed by atoms with E-state index in [4.69, 9.17) is 5.73 Å². The van der Waals surface area contributed by atoms with Gasteiger partial charge in [0.25, 0.3) is 0 Å². The molecule has 5 N–H and O–H groups in total. The van der Waals surface area contributed by atoms with Gasteiger partial charge in [0.15, 0.2) is 0 Å². The molecule has 2 amide bonds. The normalized spacial score (nSPS) is 20.4. The first kappa shape index (κ1) is 19.4. The number of nitrogens with one attached hydrogen (secondary N) is 3. The highest BCUT2D eigenvalue weighted by molar-refractivity contribution is 5.85. The van der Waals surface area contributed by atoms with E-state index in [0.717, 1.165) is 17.5 Å². The Labute approximate surface area is 171 Å². The molecular formula is C24H28N4O. The molecule has 1 fully saturated rings. The number of urea groups is 1. The molecule has 2 unspecified atom stereocenters. The number of fused-ring (bicyclic) bond motifs is 1. The molecule has 5 nitrogen and oxygen atoms in total. The van der Waals surface area contributed by atoms with E-state index in [1.807, 2.05) is 24.3 Å². The zero-order chi connectivity index (χ0) is 20.3. The molecule has 29 heavy (non-hydrogen) atoms. The molecule has 5 heteroatoms. The van der Waals surface area contributed by atoms with Crippen LogP contribution in [0.4, 0.5) is 4.79 Å². The molecule has 3 aromatic rings. The molecule has 1 aliphatic carbocycles. The Kier molecular flexibility index (Phi) is 5.51. The third kappa shape index (κ3) is 4.42. The summed E-state index contributed by atoms with van der Waals surface area (Å²) in [6.45, 7) is 3.85. The van der Waals surface area contributed by atoms with Gasteiger partial charge in [-0.3, -0.25) is 5.32 Å². The summed E-state index contributed by atoms with van der Waals surface area (Å²) in [5.41, 5.74) is 8.69. The van der Waals surface area contributed by atoms with Crippen LogP contribution in [-0.4, -0.2) is 11.7 Å². The second-order valence-electron chi connectivity index (χ2n) is 7.90. The summed E-state index contributed by atoms with van der Waals surface area (Å²) in [5.74, 6) is 0.392. The van der Waals surface area contributed by atoms with Crippen molar-refractivity contribution in [2.45, 2.75) is 38.6 Å². The fourth-order valence-corrected chi connectivity index (χ4v) is 3.88. The number of hydrogen-bond donors (Lipinski definition) is 4. The first-order valence-corrected chi connectivity index (χ1v) is 10.2. The number of rotatable bonds is 7. The highest BCUT2D eigenvalue weighted by Crippen LogP contribution is 2.40. The molecule has 0 spiro atoms. The third-order valence-electron chi connectivity index (χ3n) is 5.80. The smallest absolute Gasteiger partial charge is 0.316 e. The molecule has 2 atom stereocenters. The fraction of sp³-hybridized carbons (Fsp3) is 0.292. The molecular weight excluding hydrogens is 360 g/mol. The number of benzene rings is 3. The van der Waals surface area contributed by atoms with E-state index < -0.39 is 0 Å². The van der Waals surface area contributed by atoms with Gasteiger partial charge in [-0.1, -0.05) is 73.7 Å². The summed E-state index contributed by atoms with van der Waals surface area (Å²) in [6, 6.07) is 22.5. The largest absolute Gasteiger partial charge is 0.334 e. The number of carbonyl (C=O) groups excluding carboxylic acids is 1. The Morgan fingerprint density at radius 3 is 2.55 bits per heavy atom. The second-order valence-corrected chi connectivity index (χ2v) is 7.90. The molecule has 3 aromatic carbocycles. The van der Waals surface area contributed by atoms with Gasteiger partial charge in [0, 0.05) is 19.6 Å². The predicted molar refractivity (Wildman–Crippen MR) is 117 cm³/mol. The fourth-order valence-electron chi connectivity index (χ4n) is 3.88. The Bertz CT molecular complexity index is 1010. The Morgan fingerprint density at radius 2 is 1.76 bits per heavy atom.